The molecule has 8 heteroatoms. The van der Waals surface area contributed by atoms with E-state index in [-0.39, 0.29) is 22.9 Å². The second-order valence-corrected chi connectivity index (χ2v) is 5.97. The van der Waals surface area contributed by atoms with Crippen LogP contribution in [0.5, 0.6) is 0 Å². The molecule has 0 atom stereocenters. The Morgan fingerprint density at radius 1 is 1.17 bits per heavy atom. The van der Waals surface area contributed by atoms with Crippen molar-refractivity contribution in [1.82, 2.24) is 19.5 Å². The van der Waals surface area contributed by atoms with Crippen molar-refractivity contribution >= 4 is 11.0 Å². The molecule has 0 bridgehead atoms. The van der Waals surface area contributed by atoms with Crippen LogP contribution in [0.25, 0.3) is 22.4 Å². The molecule has 4 nitrogen and oxygen atoms in total. The number of halogens is 4. The van der Waals surface area contributed by atoms with Crippen molar-refractivity contribution in [2.24, 2.45) is 0 Å². The Labute approximate surface area is 134 Å². The summed E-state index contributed by atoms with van der Waals surface area (Å²) < 4.78 is 56.6. The highest BCUT2D eigenvalue weighted by atomic mass is 19.3. The van der Waals surface area contributed by atoms with E-state index in [4.69, 9.17) is 0 Å². The number of fused-ring (bicyclic) bond motifs is 1. The molecule has 1 aliphatic carbocycles. The van der Waals surface area contributed by atoms with Gasteiger partial charge in [0.05, 0.1) is 16.6 Å². The highest BCUT2D eigenvalue weighted by Gasteiger charge is 2.35. The third-order valence-electron chi connectivity index (χ3n) is 4.01. The lowest BCUT2D eigenvalue weighted by Crippen LogP contribution is -2.13. The van der Waals surface area contributed by atoms with Crippen LogP contribution in [-0.4, -0.2) is 19.5 Å². The molecule has 24 heavy (non-hydrogen) atoms. The summed E-state index contributed by atoms with van der Waals surface area (Å²) in [6.45, 7) is 0.738. The van der Waals surface area contributed by atoms with Crippen molar-refractivity contribution in [1.29, 1.82) is 0 Å². The fraction of sp³-hybridized carbons (Fsp3) is 0.312. The Kier molecular flexibility index (Phi) is 3.13. The number of rotatable bonds is 3. The van der Waals surface area contributed by atoms with E-state index in [0.717, 1.165) is 38.2 Å². The van der Waals surface area contributed by atoms with E-state index in [1.807, 2.05) is 0 Å². The van der Waals surface area contributed by atoms with Gasteiger partial charge in [0.2, 0.25) is 0 Å². The molecule has 1 fully saturated rings. The first-order valence-electron chi connectivity index (χ1n) is 7.42. The average Bonchev–Trinajstić information content (AvgIpc) is 3.29. The van der Waals surface area contributed by atoms with E-state index in [9.17, 15) is 17.6 Å². The number of hydrogen-bond acceptors (Lipinski definition) is 3. The number of aromatic nitrogens is 4. The van der Waals surface area contributed by atoms with Crippen LogP contribution >= 0.6 is 0 Å². The van der Waals surface area contributed by atoms with Gasteiger partial charge in [0.1, 0.15) is 17.8 Å². The number of hydrogen-bond donors (Lipinski definition) is 0. The van der Waals surface area contributed by atoms with Crippen LogP contribution in [0.3, 0.4) is 0 Å². The van der Waals surface area contributed by atoms with Crippen LogP contribution in [0.4, 0.5) is 17.6 Å². The van der Waals surface area contributed by atoms with Crippen LogP contribution in [0.15, 0.2) is 24.7 Å². The molecule has 0 aliphatic heterocycles. The van der Waals surface area contributed by atoms with Gasteiger partial charge in [0.15, 0.2) is 11.6 Å². The fourth-order valence-electron chi connectivity index (χ4n) is 2.83. The lowest BCUT2D eigenvalue weighted by molar-refractivity contribution is 0.0132. The molecule has 0 unspecified atom stereocenters. The zero-order valence-corrected chi connectivity index (χ0v) is 12.6. The van der Waals surface area contributed by atoms with Gasteiger partial charge in [-0.1, -0.05) is 0 Å². The Morgan fingerprint density at radius 3 is 2.54 bits per heavy atom. The van der Waals surface area contributed by atoms with Gasteiger partial charge in [0.25, 0.3) is 5.92 Å². The van der Waals surface area contributed by atoms with Crippen LogP contribution in [0, 0.1) is 11.6 Å². The molecule has 0 radical (unpaired) electrons. The SMILES string of the molecule is CC(F)(F)c1ncncc1-c1nc2cc(F)c(F)cc2n1C1CC1. The van der Waals surface area contributed by atoms with Crippen LogP contribution in [0.1, 0.15) is 31.5 Å². The Balaban J connectivity index is 2.03. The van der Waals surface area contributed by atoms with Gasteiger partial charge in [0, 0.05) is 31.3 Å². The van der Waals surface area contributed by atoms with Crippen LogP contribution in [0.2, 0.25) is 0 Å². The van der Waals surface area contributed by atoms with Crippen molar-refractivity contribution < 1.29 is 17.6 Å². The molecular weight excluding hydrogens is 324 g/mol. The normalized spacial score (nSPS) is 15.2. The molecule has 2 aromatic heterocycles. The monoisotopic (exact) mass is 336 g/mol. The molecule has 124 valence electrons. The predicted molar refractivity (Wildman–Crippen MR) is 78.5 cm³/mol. The zero-order valence-electron chi connectivity index (χ0n) is 12.6. The Bertz CT molecular complexity index is 941. The van der Waals surface area contributed by atoms with Gasteiger partial charge >= 0.3 is 0 Å². The van der Waals surface area contributed by atoms with Gasteiger partial charge in [-0.3, -0.25) is 0 Å². The lowest BCUT2D eigenvalue weighted by Gasteiger charge is -2.14. The van der Waals surface area contributed by atoms with Crippen molar-refractivity contribution in [2.75, 3.05) is 0 Å². The summed E-state index contributed by atoms with van der Waals surface area (Å²) in [4.78, 5) is 11.8. The van der Waals surface area contributed by atoms with E-state index in [0.29, 0.717) is 5.52 Å². The average molecular weight is 336 g/mol. The van der Waals surface area contributed by atoms with Gasteiger partial charge in [-0.25, -0.2) is 23.7 Å². The first kappa shape index (κ1) is 15.0. The maximum absolute atomic E-state index is 13.9. The summed E-state index contributed by atoms with van der Waals surface area (Å²) in [5.41, 5.74) is 0.190. The van der Waals surface area contributed by atoms with E-state index >= 15 is 0 Å². The van der Waals surface area contributed by atoms with Crippen LogP contribution < -0.4 is 0 Å². The van der Waals surface area contributed by atoms with E-state index in [1.54, 1.807) is 4.57 Å². The molecular formula is C16H12F4N4. The van der Waals surface area contributed by atoms with Crippen molar-refractivity contribution in [2.45, 2.75) is 31.7 Å². The minimum atomic E-state index is -3.19. The second-order valence-electron chi connectivity index (χ2n) is 5.97. The smallest absolute Gasteiger partial charge is 0.287 e. The first-order chi connectivity index (χ1) is 11.4. The van der Waals surface area contributed by atoms with Crippen molar-refractivity contribution in [3.05, 3.63) is 42.0 Å². The van der Waals surface area contributed by atoms with Gasteiger partial charge in [-0.15, -0.1) is 0 Å². The number of benzene rings is 1. The standard InChI is InChI=1S/C16H12F4N4/c1-16(19,20)14-9(6-21-7-22-14)15-23-12-4-10(17)11(18)5-13(12)24(15)8-2-3-8/h4-8H,2-3H2,1H3. The number of alkyl halides is 2. The van der Waals surface area contributed by atoms with Gasteiger partial charge < -0.3 is 4.57 Å². The van der Waals surface area contributed by atoms with E-state index in [2.05, 4.69) is 15.0 Å². The summed E-state index contributed by atoms with van der Waals surface area (Å²) in [5, 5.41) is 0. The number of nitrogens with zero attached hydrogens (tertiary/aromatic N) is 4. The minimum Gasteiger partial charge on any atom is -0.321 e. The Hall–Kier alpha value is -2.51. The minimum absolute atomic E-state index is 0.0217. The molecule has 1 aromatic carbocycles. The lowest BCUT2D eigenvalue weighted by atomic mass is 10.1. The maximum Gasteiger partial charge on any atom is 0.287 e. The van der Waals surface area contributed by atoms with Gasteiger partial charge in [-0.05, 0) is 12.8 Å². The van der Waals surface area contributed by atoms with Crippen molar-refractivity contribution in [3.63, 3.8) is 0 Å². The zero-order chi connectivity index (χ0) is 17.1. The molecule has 0 saturated heterocycles. The summed E-state index contributed by atoms with van der Waals surface area (Å²) >= 11 is 0. The molecule has 4 rings (SSSR count). The molecule has 1 saturated carbocycles. The Morgan fingerprint density at radius 2 is 1.88 bits per heavy atom. The van der Waals surface area contributed by atoms with Crippen molar-refractivity contribution in [3.8, 4) is 11.4 Å². The highest BCUT2D eigenvalue weighted by Crippen LogP contribution is 2.43. The second kappa shape index (κ2) is 4.99. The summed E-state index contributed by atoms with van der Waals surface area (Å²) in [5.74, 6) is -5.02. The third-order valence-corrected chi connectivity index (χ3v) is 4.01. The molecule has 0 N–H and O–H groups in total. The third kappa shape index (κ3) is 2.33. The summed E-state index contributed by atoms with van der Waals surface area (Å²) in [6.07, 6.45) is 3.94. The quantitative estimate of drug-likeness (QED) is 0.673. The molecule has 0 amide bonds. The predicted octanol–water partition coefficient (Wildman–Crippen LogP) is 4.22. The summed E-state index contributed by atoms with van der Waals surface area (Å²) in [7, 11) is 0. The topological polar surface area (TPSA) is 43.6 Å². The maximum atomic E-state index is 13.9. The summed E-state index contributed by atoms with van der Waals surface area (Å²) in [6, 6.07) is 2.04. The van der Waals surface area contributed by atoms with E-state index < -0.39 is 23.3 Å². The van der Waals surface area contributed by atoms with Gasteiger partial charge in [-0.2, -0.15) is 8.78 Å². The highest BCUT2D eigenvalue weighted by molar-refractivity contribution is 5.81. The fourth-order valence-corrected chi connectivity index (χ4v) is 2.83. The number of imidazole rings is 1. The molecule has 0 spiro atoms. The van der Waals surface area contributed by atoms with E-state index in [1.165, 1.54) is 6.20 Å². The van der Waals surface area contributed by atoms with Crippen LogP contribution in [-0.2, 0) is 5.92 Å². The molecule has 3 aromatic rings. The molecule has 1 aliphatic rings. The largest absolute Gasteiger partial charge is 0.321 e. The first-order valence-corrected chi connectivity index (χ1v) is 7.42. The molecule has 2 heterocycles.